The van der Waals surface area contributed by atoms with Crippen LogP contribution in [0.15, 0.2) is 52.9 Å². The molecule has 0 bridgehead atoms. The molecule has 2 aromatic carbocycles. The van der Waals surface area contributed by atoms with E-state index >= 15 is 0 Å². The van der Waals surface area contributed by atoms with Crippen LogP contribution in [-0.2, 0) is 6.18 Å². The van der Waals surface area contributed by atoms with E-state index in [-0.39, 0.29) is 11.0 Å². The fraction of sp³-hybridized carbons (Fsp3) is 0.167. The predicted molar refractivity (Wildman–Crippen MR) is 90.5 cm³/mol. The lowest BCUT2D eigenvalue weighted by molar-refractivity contribution is -0.137. The number of ketones is 1. The second kappa shape index (κ2) is 6.30. The average Bonchev–Trinajstić information content (AvgIpc) is 2.52. The van der Waals surface area contributed by atoms with Crippen molar-refractivity contribution in [3.63, 3.8) is 0 Å². The third kappa shape index (κ3) is 3.37. The maximum atomic E-state index is 12.7. The van der Waals surface area contributed by atoms with E-state index in [0.29, 0.717) is 21.7 Å². The SMILES string of the molecule is C[C@H]1Sc2ccc(Cl)cc2C(=O)/C1=C/c1ccc(C(F)(F)F)cc1. The first kappa shape index (κ1) is 17.1. The fourth-order valence-electron chi connectivity index (χ4n) is 2.51. The Morgan fingerprint density at radius 1 is 1.12 bits per heavy atom. The molecular weight excluding hydrogens is 357 g/mol. The van der Waals surface area contributed by atoms with Gasteiger partial charge in [-0.05, 0) is 48.9 Å². The number of Topliss-reactive ketones (excluding diaryl/α,β-unsaturated/α-hetero) is 1. The van der Waals surface area contributed by atoms with Crippen molar-refractivity contribution in [3.8, 4) is 0 Å². The highest BCUT2D eigenvalue weighted by molar-refractivity contribution is 8.00. The first-order chi connectivity index (χ1) is 11.3. The van der Waals surface area contributed by atoms with Crippen molar-refractivity contribution in [1.29, 1.82) is 0 Å². The van der Waals surface area contributed by atoms with Crippen molar-refractivity contribution in [3.05, 3.63) is 69.8 Å². The van der Waals surface area contributed by atoms with Crippen LogP contribution in [-0.4, -0.2) is 11.0 Å². The molecule has 0 fully saturated rings. The molecule has 0 saturated heterocycles. The number of carbonyl (C=O) groups is 1. The molecular formula is C18H12ClF3OS. The lowest BCUT2D eigenvalue weighted by Crippen LogP contribution is -2.19. The van der Waals surface area contributed by atoms with Gasteiger partial charge in [0, 0.05) is 26.3 Å². The molecule has 1 aliphatic heterocycles. The van der Waals surface area contributed by atoms with Crippen LogP contribution >= 0.6 is 23.4 Å². The number of fused-ring (bicyclic) bond motifs is 1. The van der Waals surface area contributed by atoms with E-state index in [0.717, 1.165) is 17.0 Å². The first-order valence-corrected chi connectivity index (χ1v) is 8.41. The summed E-state index contributed by atoms with van der Waals surface area (Å²) < 4.78 is 37.9. The van der Waals surface area contributed by atoms with Crippen LogP contribution < -0.4 is 0 Å². The average molecular weight is 369 g/mol. The van der Waals surface area contributed by atoms with Crippen molar-refractivity contribution in [2.75, 3.05) is 0 Å². The molecule has 2 aromatic rings. The smallest absolute Gasteiger partial charge is 0.289 e. The summed E-state index contributed by atoms with van der Waals surface area (Å²) in [5, 5.41) is 0.389. The van der Waals surface area contributed by atoms with Crippen molar-refractivity contribution in [1.82, 2.24) is 0 Å². The van der Waals surface area contributed by atoms with Gasteiger partial charge in [-0.1, -0.05) is 23.7 Å². The predicted octanol–water partition coefficient (Wildman–Crippen LogP) is 6.12. The highest BCUT2D eigenvalue weighted by Crippen LogP contribution is 2.40. The summed E-state index contributed by atoms with van der Waals surface area (Å²) in [7, 11) is 0. The Morgan fingerprint density at radius 3 is 2.42 bits per heavy atom. The zero-order valence-corrected chi connectivity index (χ0v) is 14.1. The number of carbonyl (C=O) groups excluding carboxylic acids is 1. The summed E-state index contributed by atoms with van der Waals surface area (Å²) in [6.07, 6.45) is -2.73. The van der Waals surface area contributed by atoms with Crippen LogP contribution in [0.1, 0.15) is 28.4 Å². The van der Waals surface area contributed by atoms with Gasteiger partial charge in [0.05, 0.1) is 5.56 Å². The third-order valence-electron chi connectivity index (χ3n) is 3.75. The summed E-state index contributed by atoms with van der Waals surface area (Å²) in [5.41, 5.74) is 0.932. The molecule has 0 amide bonds. The van der Waals surface area contributed by atoms with Gasteiger partial charge in [0.1, 0.15) is 0 Å². The van der Waals surface area contributed by atoms with Gasteiger partial charge in [0.2, 0.25) is 0 Å². The van der Waals surface area contributed by atoms with Gasteiger partial charge in [0.25, 0.3) is 0 Å². The number of thioether (sulfide) groups is 1. The normalized spacial score (nSPS) is 19.5. The Labute approximate surface area is 146 Å². The number of benzene rings is 2. The zero-order chi connectivity index (χ0) is 17.5. The van der Waals surface area contributed by atoms with Crippen LogP contribution in [0.25, 0.3) is 6.08 Å². The molecule has 124 valence electrons. The lowest BCUT2D eigenvalue weighted by atomic mass is 9.97. The van der Waals surface area contributed by atoms with Crippen molar-refractivity contribution < 1.29 is 18.0 Å². The molecule has 6 heteroatoms. The van der Waals surface area contributed by atoms with Gasteiger partial charge < -0.3 is 0 Å². The van der Waals surface area contributed by atoms with E-state index in [1.807, 2.05) is 13.0 Å². The second-order valence-corrected chi connectivity index (χ2v) is 7.27. The van der Waals surface area contributed by atoms with E-state index in [1.54, 1.807) is 18.2 Å². The van der Waals surface area contributed by atoms with Crippen LogP contribution in [0.5, 0.6) is 0 Å². The van der Waals surface area contributed by atoms with Gasteiger partial charge in [-0.25, -0.2) is 0 Å². The van der Waals surface area contributed by atoms with Gasteiger partial charge >= 0.3 is 6.18 Å². The molecule has 0 saturated carbocycles. The fourth-order valence-corrected chi connectivity index (χ4v) is 3.79. The van der Waals surface area contributed by atoms with E-state index in [9.17, 15) is 18.0 Å². The number of halogens is 4. The molecule has 3 rings (SSSR count). The topological polar surface area (TPSA) is 17.1 Å². The molecule has 1 aliphatic rings. The number of alkyl halides is 3. The van der Waals surface area contributed by atoms with Crippen LogP contribution in [0.4, 0.5) is 13.2 Å². The summed E-state index contributed by atoms with van der Waals surface area (Å²) in [6, 6.07) is 9.94. The minimum Gasteiger partial charge on any atom is -0.289 e. The molecule has 0 radical (unpaired) electrons. The second-order valence-electron chi connectivity index (χ2n) is 5.45. The Balaban J connectivity index is 1.96. The van der Waals surface area contributed by atoms with Crippen molar-refractivity contribution in [2.24, 2.45) is 0 Å². The van der Waals surface area contributed by atoms with E-state index in [1.165, 1.54) is 23.9 Å². The molecule has 1 atom stereocenters. The van der Waals surface area contributed by atoms with Gasteiger partial charge in [-0.3, -0.25) is 4.79 Å². The molecule has 0 unspecified atom stereocenters. The van der Waals surface area contributed by atoms with Gasteiger partial charge in [-0.15, -0.1) is 11.8 Å². The Bertz CT molecular complexity index is 825. The molecule has 0 spiro atoms. The summed E-state index contributed by atoms with van der Waals surface area (Å²) in [6.45, 7) is 1.90. The molecule has 1 heterocycles. The Morgan fingerprint density at radius 2 is 1.79 bits per heavy atom. The molecule has 0 N–H and O–H groups in total. The first-order valence-electron chi connectivity index (χ1n) is 7.15. The monoisotopic (exact) mass is 368 g/mol. The maximum Gasteiger partial charge on any atom is 0.416 e. The van der Waals surface area contributed by atoms with Gasteiger partial charge in [-0.2, -0.15) is 13.2 Å². The summed E-state index contributed by atoms with van der Waals surface area (Å²) >= 11 is 7.49. The Kier molecular flexibility index (Phi) is 4.49. The minimum absolute atomic E-state index is 0.0894. The zero-order valence-electron chi connectivity index (χ0n) is 12.5. The van der Waals surface area contributed by atoms with E-state index in [4.69, 9.17) is 11.6 Å². The highest BCUT2D eigenvalue weighted by Gasteiger charge is 2.30. The van der Waals surface area contributed by atoms with Crippen LogP contribution in [0.2, 0.25) is 5.02 Å². The quantitative estimate of drug-likeness (QED) is 0.564. The third-order valence-corrected chi connectivity index (χ3v) is 5.20. The van der Waals surface area contributed by atoms with E-state index < -0.39 is 11.7 Å². The van der Waals surface area contributed by atoms with Crippen LogP contribution in [0.3, 0.4) is 0 Å². The number of hydrogen-bond acceptors (Lipinski definition) is 2. The highest BCUT2D eigenvalue weighted by atomic mass is 35.5. The standard InChI is InChI=1S/C18H12ClF3OS/c1-10-14(8-11-2-4-12(5-3-11)18(20,21)22)17(23)15-9-13(19)6-7-16(15)24-10/h2-10H,1H3/b14-8+/t10-/m1/s1. The maximum absolute atomic E-state index is 12.7. The summed E-state index contributed by atoms with van der Waals surface area (Å²) in [4.78, 5) is 13.6. The number of rotatable bonds is 1. The number of hydrogen-bond donors (Lipinski definition) is 0. The molecule has 0 aromatic heterocycles. The van der Waals surface area contributed by atoms with E-state index in [2.05, 4.69) is 0 Å². The summed E-state index contributed by atoms with van der Waals surface area (Å²) in [5.74, 6) is -0.140. The minimum atomic E-state index is -4.37. The molecule has 1 nitrogen and oxygen atoms in total. The van der Waals surface area contributed by atoms with Crippen molar-refractivity contribution in [2.45, 2.75) is 23.2 Å². The molecule has 0 aliphatic carbocycles. The van der Waals surface area contributed by atoms with Gasteiger partial charge in [0.15, 0.2) is 5.78 Å². The van der Waals surface area contributed by atoms with Crippen molar-refractivity contribution >= 4 is 35.2 Å². The lowest BCUT2D eigenvalue weighted by Gasteiger charge is -2.23. The van der Waals surface area contributed by atoms with Crippen LogP contribution in [0, 0.1) is 0 Å². The Hall–Kier alpha value is -1.72. The largest absolute Gasteiger partial charge is 0.416 e. The molecule has 24 heavy (non-hydrogen) atoms.